The van der Waals surface area contributed by atoms with Crippen molar-refractivity contribution in [2.75, 3.05) is 5.75 Å². The summed E-state index contributed by atoms with van der Waals surface area (Å²) in [7, 11) is -3.75. The van der Waals surface area contributed by atoms with E-state index < -0.39 is 24.9 Å². The van der Waals surface area contributed by atoms with Crippen LogP contribution in [0.2, 0.25) is 0 Å². The molecule has 1 aromatic rings. The number of amides is 1. The second-order valence-electron chi connectivity index (χ2n) is 3.71. The van der Waals surface area contributed by atoms with Crippen molar-refractivity contribution in [1.82, 2.24) is 5.32 Å². The molecule has 0 spiro atoms. The molecule has 0 bridgehead atoms. The molecule has 0 radical (unpaired) electrons. The van der Waals surface area contributed by atoms with E-state index in [0.29, 0.717) is 0 Å². The van der Waals surface area contributed by atoms with Crippen LogP contribution >= 0.6 is 34.8 Å². The Kier molecular flexibility index (Phi) is 5.50. The van der Waals surface area contributed by atoms with Crippen molar-refractivity contribution in [3.05, 3.63) is 35.9 Å². The van der Waals surface area contributed by atoms with Crippen molar-refractivity contribution in [3.63, 3.8) is 0 Å². The van der Waals surface area contributed by atoms with E-state index in [9.17, 15) is 13.2 Å². The van der Waals surface area contributed by atoms with E-state index in [0.717, 1.165) is 0 Å². The van der Waals surface area contributed by atoms with Gasteiger partial charge >= 0.3 is 0 Å². The van der Waals surface area contributed by atoms with Gasteiger partial charge in [0.05, 0.1) is 0 Å². The standard InChI is InChI=1S/C11H12Cl3NO3S/c1-2-19(17,18)10(11(12,13)14)15-9(16)8-6-4-3-5-7-8/h3-7,10H,2H2,1H3,(H,15,16)/t10-/m1/s1. The summed E-state index contributed by atoms with van der Waals surface area (Å²) in [5, 5.41) is 0.647. The Hall–Kier alpha value is -0.490. The molecule has 0 aromatic heterocycles. The number of carbonyl (C=O) groups excluding carboxylic acids is 1. The monoisotopic (exact) mass is 343 g/mol. The van der Waals surface area contributed by atoms with Gasteiger partial charge in [-0.1, -0.05) is 59.9 Å². The zero-order valence-electron chi connectivity index (χ0n) is 9.94. The van der Waals surface area contributed by atoms with E-state index >= 15 is 0 Å². The summed E-state index contributed by atoms with van der Waals surface area (Å²) in [6.45, 7) is 1.41. The Morgan fingerprint density at radius 3 is 2.21 bits per heavy atom. The topological polar surface area (TPSA) is 63.2 Å². The van der Waals surface area contributed by atoms with Crippen molar-refractivity contribution >= 4 is 50.5 Å². The first kappa shape index (κ1) is 16.6. The van der Waals surface area contributed by atoms with Crippen molar-refractivity contribution in [3.8, 4) is 0 Å². The van der Waals surface area contributed by atoms with Crippen LogP contribution in [0.5, 0.6) is 0 Å². The Balaban J connectivity index is 3.01. The fourth-order valence-corrected chi connectivity index (χ4v) is 3.75. The number of carbonyl (C=O) groups is 1. The molecule has 0 aliphatic rings. The maximum atomic E-state index is 11.9. The van der Waals surface area contributed by atoms with E-state index in [4.69, 9.17) is 34.8 Å². The molecule has 19 heavy (non-hydrogen) atoms. The fourth-order valence-electron chi connectivity index (χ4n) is 1.33. The molecule has 106 valence electrons. The Labute approximate surface area is 127 Å². The molecule has 1 aromatic carbocycles. The number of nitrogens with one attached hydrogen (secondary N) is 1. The number of hydrogen-bond acceptors (Lipinski definition) is 3. The highest BCUT2D eigenvalue weighted by Crippen LogP contribution is 2.33. The lowest BCUT2D eigenvalue weighted by molar-refractivity contribution is 0.0948. The first-order valence-electron chi connectivity index (χ1n) is 5.32. The van der Waals surface area contributed by atoms with E-state index in [1.807, 2.05) is 0 Å². The molecule has 0 heterocycles. The predicted octanol–water partition coefficient (Wildman–Crippen LogP) is 2.55. The first-order chi connectivity index (χ1) is 8.68. The Bertz CT molecular complexity index is 540. The van der Waals surface area contributed by atoms with Crippen molar-refractivity contribution in [2.24, 2.45) is 0 Å². The number of rotatable bonds is 4. The third kappa shape index (κ3) is 4.53. The molecule has 8 heteroatoms. The minimum Gasteiger partial charge on any atom is -0.332 e. The maximum absolute atomic E-state index is 11.9. The van der Waals surface area contributed by atoms with Crippen LogP contribution in [-0.2, 0) is 9.84 Å². The van der Waals surface area contributed by atoms with Gasteiger partial charge < -0.3 is 5.32 Å². The Morgan fingerprint density at radius 2 is 1.79 bits per heavy atom. The molecule has 1 amide bonds. The molecular formula is C11H12Cl3NO3S. The second-order valence-corrected chi connectivity index (χ2v) is 8.46. The Morgan fingerprint density at radius 1 is 1.26 bits per heavy atom. The lowest BCUT2D eigenvalue weighted by atomic mass is 10.2. The van der Waals surface area contributed by atoms with E-state index in [1.54, 1.807) is 18.2 Å². The summed E-state index contributed by atoms with van der Waals surface area (Å²) in [5.74, 6) is -0.866. The van der Waals surface area contributed by atoms with Crippen molar-refractivity contribution in [1.29, 1.82) is 0 Å². The fraction of sp³-hybridized carbons (Fsp3) is 0.364. The van der Waals surface area contributed by atoms with Crippen LogP contribution in [0.4, 0.5) is 0 Å². The van der Waals surface area contributed by atoms with E-state index in [-0.39, 0.29) is 11.3 Å². The van der Waals surface area contributed by atoms with Crippen LogP contribution in [0.15, 0.2) is 30.3 Å². The molecule has 0 saturated carbocycles. The molecule has 0 aliphatic heterocycles. The molecule has 0 fully saturated rings. The highest BCUT2D eigenvalue weighted by atomic mass is 35.6. The van der Waals surface area contributed by atoms with Crippen molar-refractivity contribution in [2.45, 2.75) is 16.1 Å². The van der Waals surface area contributed by atoms with Crippen LogP contribution in [0.3, 0.4) is 0 Å². The van der Waals surface area contributed by atoms with Gasteiger partial charge in [-0.05, 0) is 12.1 Å². The molecule has 4 nitrogen and oxygen atoms in total. The van der Waals surface area contributed by atoms with Gasteiger partial charge in [0, 0.05) is 11.3 Å². The van der Waals surface area contributed by atoms with Crippen LogP contribution in [0.1, 0.15) is 17.3 Å². The summed E-state index contributed by atoms with van der Waals surface area (Å²) in [4.78, 5) is 11.9. The zero-order valence-corrected chi connectivity index (χ0v) is 13.0. The molecule has 0 unspecified atom stereocenters. The maximum Gasteiger partial charge on any atom is 0.252 e. The van der Waals surface area contributed by atoms with Crippen LogP contribution in [-0.4, -0.2) is 29.2 Å². The molecule has 1 rings (SSSR count). The largest absolute Gasteiger partial charge is 0.332 e. The van der Waals surface area contributed by atoms with Gasteiger partial charge in [-0.15, -0.1) is 0 Å². The highest BCUT2D eigenvalue weighted by molar-refractivity contribution is 7.92. The smallest absolute Gasteiger partial charge is 0.252 e. The van der Waals surface area contributed by atoms with Gasteiger partial charge in [0.1, 0.15) is 0 Å². The SMILES string of the molecule is CCS(=O)(=O)[C@@H](NC(=O)c1ccccc1)C(Cl)(Cl)Cl. The van der Waals surface area contributed by atoms with Gasteiger partial charge in [0.25, 0.3) is 5.91 Å². The first-order valence-corrected chi connectivity index (χ1v) is 8.17. The minimum absolute atomic E-state index is 0.249. The highest BCUT2D eigenvalue weighted by Gasteiger charge is 2.42. The number of sulfone groups is 1. The van der Waals surface area contributed by atoms with Crippen molar-refractivity contribution < 1.29 is 13.2 Å². The summed E-state index contributed by atoms with van der Waals surface area (Å²) >= 11 is 16.9. The van der Waals surface area contributed by atoms with Gasteiger partial charge in [0.2, 0.25) is 3.79 Å². The van der Waals surface area contributed by atoms with Crippen LogP contribution < -0.4 is 5.32 Å². The molecular weight excluding hydrogens is 333 g/mol. The molecule has 1 atom stereocenters. The quantitative estimate of drug-likeness (QED) is 0.854. The van der Waals surface area contributed by atoms with Crippen LogP contribution in [0.25, 0.3) is 0 Å². The summed E-state index contributed by atoms with van der Waals surface area (Å²) in [5.41, 5.74) is 0.285. The second kappa shape index (κ2) is 6.31. The van der Waals surface area contributed by atoms with Gasteiger partial charge in [-0.25, -0.2) is 8.42 Å². The summed E-state index contributed by atoms with van der Waals surface area (Å²) < 4.78 is 21.6. The number of hydrogen-bond donors (Lipinski definition) is 1. The van der Waals surface area contributed by atoms with Gasteiger partial charge in [-0.2, -0.15) is 0 Å². The van der Waals surface area contributed by atoms with Crippen LogP contribution in [0, 0.1) is 0 Å². The predicted molar refractivity (Wildman–Crippen MR) is 77.4 cm³/mol. The van der Waals surface area contributed by atoms with E-state index in [1.165, 1.54) is 19.1 Å². The molecule has 1 N–H and O–H groups in total. The third-order valence-electron chi connectivity index (χ3n) is 2.36. The zero-order chi connectivity index (χ0) is 14.7. The number of benzene rings is 1. The molecule has 0 aliphatic carbocycles. The lowest BCUT2D eigenvalue weighted by Gasteiger charge is -2.24. The van der Waals surface area contributed by atoms with Gasteiger partial charge in [0.15, 0.2) is 15.2 Å². The summed E-state index contributed by atoms with van der Waals surface area (Å²) in [6.07, 6.45) is 0. The molecule has 0 saturated heterocycles. The third-order valence-corrected chi connectivity index (χ3v) is 5.39. The van der Waals surface area contributed by atoms with Gasteiger partial charge in [-0.3, -0.25) is 4.79 Å². The minimum atomic E-state index is -3.75. The lowest BCUT2D eigenvalue weighted by Crippen LogP contribution is -2.49. The van der Waals surface area contributed by atoms with E-state index in [2.05, 4.69) is 5.32 Å². The average molecular weight is 345 g/mol. The summed E-state index contributed by atoms with van der Waals surface area (Å²) in [6, 6.07) is 8.08. The average Bonchev–Trinajstić information content (AvgIpc) is 2.35. The normalized spacial score (nSPS) is 13.9. The number of alkyl halides is 3. The number of halogens is 3.